The van der Waals surface area contributed by atoms with Gasteiger partial charge in [-0.15, -0.1) is 0 Å². The SMILES string of the molecule is COc1cc(C=C2C(=O)N(c3ccc(Cl)cc3)N=C2C)ccc1OCC(N)=O. The van der Waals surface area contributed by atoms with Gasteiger partial charge in [-0.3, -0.25) is 9.59 Å². The first-order valence-electron chi connectivity index (χ1n) is 8.35. The lowest BCUT2D eigenvalue weighted by atomic mass is 10.1. The molecule has 0 radical (unpaired) electrons. The first-order valence-corrected chi connectivity index (χ1v) is 8.73. The third-order valence-electron chi connectivity index (χ3n) is 4.00. The van der Waals surface area contributed by atoms with E-state index in [9.17, 15) is 9.59 Å². The van der Waals surface area contributed by atoms with Crippen LogP contribution in [0.3, 0.4) is 0 Å². The summed E-state index contributed by atoms with van der Waals surface area (Å²) >= 11 is 5.90. The molecule has 8 heteroatoms. The van der Waals surface area contributed by atoms with Crippen molar-refractivity contribution in [3.05, 3.63) is 58.6 Å². The van der Waals surface area contributed by atoms with Crippen LogP contribution in [0.25, 0.3) is 6.08 Å². The van der Waals surface area contributed by atoms with Crippen LogP contribution in [0, 0.1) is 0 Å². The number of carbonyl (C=O) groups is 2. The number of hydrogen-bond donors (Lipinski definition) is 1. The smallest absolute Gasteiger partial charge is 0.280 e. The van der Waals surface area contributed by atoms with Crippen molar-refractivity contribution in [1.29, 1.82) is 0 Å². The quantitative estimate of drug-likeness (QED) is 0.755. The normalized spacial score (nSPS) is 15.0. The van der Waals surface area contributed by atoms with Crippen molar-refractivity contribution < 1.29 is 19.1 Å². The summed E-state index contributed by atoms with van der Waals surface area (Å²) in [6.45, 7) is 1.51. The van der Waals surface area contributed by atoms with Crippen LogP contribution in [0.4, 0.5) is 5.69 Å². The third kappa shape index (κ3) is 4.15. The number of halogens is 1. The third-order valence-corrected chi connectivity index (χ3v) is 4.25. The van der Waals surface area contributed by atoms with Gasteiger partial charge in [0.1, 0.15) is 0 Å². The van der Waals surface area contributed by atoms with E-state index in [0.29, 0.717) is 33.5 Å². The Morgan fingerprint density at radius 3 is 2.57 bits per heavy atom. The van der Waals surface area contributed by atoms with Crippen molar-refractivity contribution in [2.45, 2.75) is 6.92 Å². The Bertz CT molecular complexity index is 983. The number of hydrogen-bond acceptors (Lipinski definition) is 5. The molecule has 3 rings (SSSR count). The summed E-state index contributed by atoms with van der Waals surface area (Å²) in [6.07, 6.45) is 1.72. The molecule has 0 aromatic heterocycles. The summed E-state index contributed by atoms with van der Waals surface area (Å²) in [6, 6.07) is 12.0. The molecule has 2 N–H and O–H groups in total. The number of primary amides is 1. The van der Waals surface area contributed by atoms with Crippen molar-refractivity contribution in [1.82, 2.24) is 0 Å². The first kappa shape index (κ1) is 19.4. The Morgan fingerprint density at radius 1 is 1.21 bits per heavy atom. The zero-order chi connectivity index (χ0) is 20.3. The lowest BCUT2D eigenvalue weighted by Gasteiger charge is -2.12. The first-order chi connectivity index (χ1) is 13.4. The second-order valence-electron chi connectivity index (χ2n) is 6.00. The van der Waals surface area contributed by atoms with Crippen LogP contribution < -0.4 is 20.2 Å². The maximum atomic E-state index is 12.8. The van der Waals surface area contributed by atoms with Crippen LogP contribution in [0.1, 0.15) is 12.5 Å². The van der Waals surface area contributed by atoms with Crippen molar-refractivity contribution in [2.75, 3.05) is 18.7 Å². The highest BCUT2D eigenvalue weighted by atomic mass is 35.5. The summed E-state index contributed by atoms with van der Waals surface area (Å²) in [5.74, 6) is -0.0219. The van der Waals surface area contributed by atoms with E-state index in [4.69, 9.17) is 26.8 Å². The molecule has 2 aromatic rings. The Labute approximate surface area is 167 Å². The average Bonchev–Trinajstić information content (AvgIpc) is 2.95. The van der Waals surface area contributed by atoms with E-state index >= 15 is 0 Å². The maximum absolute atomic E-state index is 12.8. The van der Waals surface area contributed by atoms with Crippen LogP contribution in [0.15, 0.2) is 53.1 Å². The zero-order valence-corrected chi connectivity index (χ0v) is 16.1. The summed E-state index contributed by atoms with van der Waals surface area (Å²) in [5, 5.41) is 6.25. The van der Waals surface area contributed by atoms with Crippen LogP contribution in [-0.4, -0.2) is 31.2 Å². The topological polar surface area (TPSA) is 94.2 Å². The molecule has 28 heavy (non-hydrogen) atoms. The molecule has 1 heterocycles. The number of carbonyl (C=O) groups excluding carboxylic acids is 2. The molecule has 144 valence electrons. The summed E-state index contributed by atoms with van der Waals surface area (Å²) in [7, 11) is 1.49. The predicted molar refractivity (Wildman–Crippen MR) is 108 cm³/mol. The van der Waals surface area contributed by atoms with E-state index < -0.39 is 5.91 Å². The molecule has 0 spiro atoms. The van der Waals surface area contributed by atoms with Gasteiger partial charge in [0.05, 0.1) is 24.1 Å². The molecule has 1 aliphatic rings. The molecule has 0 atom stereocenters. The highest BCUT2D eigenvalue weighted by molar-refractivity contribution is 6.32. The molecule has 7 nitrogen and oxygen atoms in total. The molecule has 0 saturated carbocycles. The average molecular weight is 400 g/mol. The second-order valence-corrected chi connectivity index (χ2v) is 6.44. The van der Waals surface area contributed by atoms with E-state index in [1.165, 1.54) is 12.1 Å². The van der Waals surface area contributed by atoms with Gasteiger partial charge in [-0.1, -0.05) is 17.7 Å². The Balaban J connectivity index is 1.87. The van der Waals surface area contributed by atoms with E-state index in [1.54, 1.807) is 55.5 Å². The predicted octanol–water partition coefficient (Wildman–Crippen LogP) is 3.02. The second kappa shape index (κ2) is 8.14. The number of hydrazone groups is 1. The van der Waals surface area contributed by atoms with Gasteiger partial charge in [0.2, 0.25) is 0 Å². The Kier molecular flexibility index (Phi) is 5.65. The molecule has 2 amide bonds. The minimum atomic E-state index is -0.584. The van der Waals surface area contributed by atoms with E-state index in [2.05, 4.69) is 5.10 Å². The van der Waals surface area contributed by atoms with Crippen LogP contribution in [0.5, 0.6) is 11.5 Å². The fourth-order valence-corrected chi connectivity index (χ4v) is 2.78. The van der Waals surface area contributed by atoms with E-state index in [1.807, 2.05) is 0 Å². The summed E-state index contributed by atoms with van der Waals surface area (Å²) in [4.78, 5) is 23.7. The minimum absolute atomic E-state index is 0.243. The molecule has 0 bridgehead atoms. The van der Waals surface area contributed by atoms with Crippen LogP contribution in [-0.2, 0) is 9.59 Å². The number of amides is 2. The molecule has 0 saturated heterocycles. The number of benzene rings is 2. The number of nitrogens with zero attached hydrogens (tertiary/aromatic N) is 2. The molecule has 1 aliphatic heterocycles. The van der Waals surface area contributed by atoms with Crippen molar-refractivity contribution in [2.24, 2.45) is 10.8 Å². The standard InChI is InChI=1S/C20H18ClN3O4/c1-12-16(20(26)24(23-12)15-6-4-14(21)5-7-15)9-13-3-8-17(18(10-13)27-2)28-11-19(22)25/h3-10H,11H2,1-2H3,(H2,22,25). The number of methoxy groups -OCH3 is 1. The highest BCUT2D eigenvalue weighted by Gasteiger charge is 2.28. The lowest BCUT2D eigenvalue weighted by molar-refractivity contribution is -0.120. The maximum Gasteiger partial charge on any atom is 0.280 e. The number of rotatable bonds is 6. The largest absolute Gasteiger partial charge is 0.493 e. The van der Waals surface area contributed by atoms with Crippen molar-refractivity contribution in [3.63, 3.8) is 0 Å². The van der Waals surface area contributed by atoms with Gasteiger partial charge in [-0.2, -0.15) is 10.1 Å². The Morgan fingerprint density at radius 2 is 1.93 bits per heavy atom. The Hall–Kier alpha value is -3.32. The van der Waals surface area contributed by atoms with Gasteiger partial charge in [0.15, 0.2) is 18.1 Å². The van der Waals surface area contributed by atoms with Gasteiger partial charge in [-0.05, 0) is 55.0 Å². The van der Waals surface area contributed by atoms with Crippen LogP contribution in [0.2, 0.25) is 5.02 Å². The molecule has 0 fully saturated rings. The minimum Gasteiger partial charge on any atom is -0.493 e. The number of nitrogens with two attached hydrogens (primary N) is 1. The summed E-state index contributed by atoms with van der Waals surface area (Å²) < 4.78 is 10.6. The van der Waals surface area contributed by atoms with Gasteiger partial charge < -0.3 is 15.2 Å². The van der Waals surface area contributed by atoms with Gasteiger partial charge in [-0.25, -0.2) is 0 Å². The summed E-state index contributed by atoms with van der Waals surface area (Å²) in [5.41, 5.74) is 7.50. The highest BCUT2D eigenvalue weighted by Crippen LogP contribution is 2.31. The van der Waals surface area contributed by atoms with E-state index in [0.717, 1.165) is 5.56 Å². The van der Waals surface area contributed by atoms with Gasteiger partial charge >= 0.3 is 0 Å². The molecular weight excluding hydrogens is 382 g/mol. The van der Waals surface area contributed by atoms with Gasteiger partial charge in [0.25, 0.3) is 11.8 Å². The molecule has 2 aromatic carbocycles. The van der Waals surface area contributed by atoms with Crippen molar-refractivity contribution in [3.8, 4) is 11.5 Å². The van der Waals surface area contributed by atoms with E-state index in [-0.39, 0.29) is 12.5 Å². The zero-order valence-electron chi connectivity index (χ0n) is 15.3. The molecule has 0 aliphatic carbocycles. The fraction of sp³-hybridized carbons (Fsp3) is 0.150. The number of anilines is 1. The van der Waals surface area contributed by atoms with Crippen LogP contribution >= 0.6 is 11.6 Å². The van der Waals surface area contributed by atoms with Crippen molar-refractivity contribution >= 4 is 40.9 Å². The fourth-order valence-electron chi connectivity index (χ4n) is 2.65. The molecule has 0 unspecified atom stereocenters. The monoisotopic (exact) mass is 399 g/mol. The van der Waals surface area contributed by atoms with Gasteiger partial charge in [0, 0.05) is 5.02 Å². The lowest BCUT2D eigenvalue weighted by Crippen LogP contribution is -2.21. The number of ether oxygens (including phenoxy) is 2. The molecular formula is C20H18ClN3O4.